The highest BCUT2D eigenvalue weighted by molar-refractivity contribution is 6.30. The van der Waals surface area contributed by atoms with Crippen molar-refractivity contribution >= 4 is 28.5 Å². The quantitative estimate of drug-likeness (QED) is 0.672. The number of alkyl halides is 1. The summed E-state index contributed by atoms with van der Waals surface area (Å²) < 4.78 is 4.55. The molecular formula is C14H15ClN2O2. The first kappa shape index (κ1) is 13.8. The van der Waals surface area contributed by atoms with Gasteiger partial charge in [-0.3, -0.25) is 9.78 Å². The number of hydrogen-bond acceptors (Lipinski definition) is 4. The number of aromatic nitrogens is 1. The molecule has 0 spiro atoms. The van der Waals surface area contributed by atoms with Gasteiger partial charge in [0.15, 0.2) is 0 Å². The van der Waals surface area contributed by atoms with Crippen LogP contribution >= 0.6 is 11.6 Å². The standard InChI is InChI=1S/C14H15ClN2O2/c1-19-14(18)12(15)9-16-8-11-7-6-10-4-2-3-5-13(10)17-11/h2-7,12,16H,8-9H2,1H3. The molecule has 1 atom stereocenters. The number of nitrogens with one attached hydrogen (secondary N) is 1. The van der Waals surface area contributed by atoms with E-state index in [1.807, 2.05) is 36.4 Å². The summed E-state index contributed by atoms with van der Waals surface area (Å²) in [6, 6.07) is 11.9. The average Bonchev–Trinajstić information content (AvgIpc) is 2.46. The number of rotatable bonds is 5. The van der Waals surface area contributed by atoms with Crippen molar-refractivity contribution in [1.29, 1.82) is 0 Å². The van der Waals surface area contributed by atoms with E-state index in [-0.39, 0.29) is 0 Å². The molecule has 5 heteroatoms. The summed E-state index contributed by atoms with van der Waals surface area (Å²) in [5, 5.41) is 3.52. The van der Waals surface area contributed by atoms with Crippen LogP contribution in [-0.2, 0) is 16.1 Å². The number of nitrogens with zero attached hydrogens (tertiary/aromatic N) is 1. The van der Waals surface area contributed by atoms with Gasteiger partial charge in [0.25, 0.3) is 0 Å². The predicted molar refractivity (Wildman–Crippen MR) is 75.1 cm³/mol. The van der Waals surface area contributed by atoms with E-state index in [1.54, 1.807) is 0 Å². The molecule has 1 aromatic heterocycles. The molecule has 0 aliphatic carbocycles. The molecule has 100 valence electrons. The largest absolute Gasteiger partial charge is 0.468 e. The molecular weight excluding hydrogens is 264 g/mol. The number of pyridine rings is 1. The first-order valence-electron chi connectivity index (χ1n) is 5.98. The van der Waals surface area contributed by atoms with E-state index in [4.69, 9.17) is 11.6 Å². The van der Waals surface area contributed by atoms with E-state index in [1.165, 1.54) is 7.11 Å². The van der Waals surface area contributed by atoms with Gasteiger partial charge in [0.05, 0.1) is 18.3 Å². The zero-order valence-corrected chi connectivity index (χ0v) is 11.4. The van der Waals surface area contributed by atoms with Crippen LogP contribution in [0.15, 0.2) is 36.4 Å². The lowest BCUT2D eigenvalue weighted by atomic mass is 10.2. The Hall–Kier alpha value is -1.65. The first-order valence-corrected chi connectivity index (χ1v) is 6.41. The summed E-state index contributed by atoms with van der Waals surface area (Å²) in [6.45, 7) is 0.911. The molecule has 0 aliphatic heterocycles. The Labute approximate surface area is 116 Å². The highest BCUT2D eigenvalue weighted by Crippen LogP contribution is 2.11. The van der Waals surface area contributed by atoms with Crippen LogP contribution in [0.25, 0.3) is 10.9 Å². The number of halogens is 1. The van der Waals surface area contributed by atoms with Gasteiger partial charge in [0.2, 0.25) is 0 Å². The van der Waals surface area contributed by atoms with Crippen LogP contribution in [0.5, 0.6) is 0 Å². The Kier molecular flexibility index (Phi) is 4.71. The number of para-hydroxylation sites is 1. The molecule has 2 rings (SSSR count). The van der Waals surface area contributed by atoms with Crippen LogP contribution < -0.4 is 5.32 Å². The minimum Gasteiger partial charge on any atom is -0.468 e. The molecule has 0 saturated heterocycles. The summed E-state index contributed by atoms with van der Waals surface area (Å²) in [5.74, 6) is -0.430. The van der Waals surface area contributed by atoms with E-state index in [0.717, 1.165) is 16.6 Å². The van der Waals surface area contributed by atoms with Crippen LogP contribution in [-0.4, -0.2) is 30.0 Å². The highest BCUT2D eigenvalue weighted by atomic mass is 35.5. The van der Waals surface area contributed by atoms with Crippen LogP contribution in [0.2, 0.25) is 0 Å². The molecule has 0 bridgehead atoms. The Morgan fingerprint density at radius 1 is 1.37 bits per heavy atom. The van der Waals surface area contributed by atoms with E-state index in [2.05, 4.69) is 15.0 Å². The van der Waals surface area contributed by atoms with Gasteiger partial charge in [-0.05, 0) is 12.1 Å². The molecule has 1 heterocycles. The van der Waals surface area contributed by atoms with Crippen molar-refractivity contribution in [3.05, 3.63) is 42.1 Å². The maximum absolute atomic E-state index is 11.1. The third-order valence-electron chi connectivity index (χ3n) is 2.74. The number of hydrogen-bond donors (Lipinski definition) is 1. The molecule has 0 fully saturated rings. The Balaban J connectivity index is 1.93. The number of fused-ring (bicyclic) bond motifs is 1. The van der Waals surface area contributed by atoms with Crippen molar-refractivity contribution in [2.24, 2.45) is 0 Å². The van der Waals surface area contributed by atoms with E-state index in [0.29, 0.717) is 13.1 Å². The van der Waals surface area contributed by atoms with Crippen LogP contribution in [0.1, 0.15) is 5.69 Å². The predicted octanol–water partition coefficient (Wildman–Crippen LogP) is 2.10. The van der Waals surface area contributed by atoms with Gasteiger partial charge >= 0.3 is 5.97 Å². The molecule has 0 aliphatic rings. The molecule has 19 heavy (non-hydrogen) atoms. The Morgan fingerprint density at radius 2 is 2.16 bits per heavy atom. The summed E-state index contributed by atoms with van der Waals surface area (Å²) in [7, 11) is 1.32. The fraction of sp³-hybridized carbons (Fsp3) is 0.286. The average molecular weight is 279 g/mol. The SMILES string of the molecule is COC(=O)C(Cl)CNCc1ccc2ccccc2n1. The minimum absolute atomic E-state index is 0.350. The van der Waals surface area contributed by atoms with E-state index < -0.39 is 11.3 Å². The highest BCUT2D eigenvalue weighted by Gasteiger charge is 2.14. The number of carbonyl (C=O) groups excluding carboxylic acids is 1. The van der Waals surface area contributed by atoms with Crippen LogP contribution in [0, 0.1) is 0 Å². The van der Waals surface area contributed by atoms with Gasteiger partial charge in [0.1, 0.15) is 5.38 Å². The van der Waals surface area contributed by atoms with Gasteiger partial charge in [-0.15, -0.1) is 11.6 Å². The fourth-order valence-electron chi connectivity index (χ4n) is 1.74. The van der Waals surface area contributed by atoms with Crippen LogP contribution in [0.4, 0.5) is 0 Å². The summed E-state index contributed by atoms with van der Waals surface area (Å²) in [6.07, 6.45) is 0. The lowest BCUT2D eigenvalue weighted by Gasteiger charge is -2.09. The number of ether oxygens (including phenoxy) is 1. The third kappa shape index (κ3) is 3.66. The maximum atomic E-state index is 11.1. The number of methoxy groups -OCH3 is 1. The topological polar surface area (TPSA) is 51.2 Å². The fourth-order valence-corrected chi connectivity index (χ4v) is 1.94. The minimum atomic E-state index is -0.676. The van der Waals surface area contributed by atoms with Crippen molar-refractivity contribution in [1.82, 2.24) is 10.3 Å². The molecule has 0 amide bonds. The zero-order chi connectivity index (χ0) is 13.7. The van der Waals surface area contributed by atoms with Crippen molar-refractivity contribution in [2.75, 3.05) is 13.7 Å². The second kappa shape index (κ2) is 6.50. The zero-order valence-electron chi connectivity index (χ0n) is 10.6. The lowest BCUT2D eigenvalue weighted by molar-refractivity contribution is -0.140. The molecule has 1 N–H and O–H groups in total. The monoisotopic (exact) mass is 278 g/mol. The van der Waals surface area contributed by atoms with E-state index in [9.17, 15) is 4.79 Å². The number of carbonyl (C=O) groups is 1. The van der Waals surface area contributed by atoms with Gasteiger partial charge in [-0.25, -0.2) is 0 Å². The molecule has 2 aromatic rings. The van der Waals surface area contributed by atoms with Crippen molar-refractivity contribution < 1.29 is 9.53 Å². The second-order valence-corrected chi connectivity index (χ2v) is 4.64. The molecule has 0 saturated carbocycles. The van der Waals surface area contributed by atoms with Crippen LogP contribution in [0.3, 0.4) is 0 Å². The molecule has 1 aromatic carbocycles. The van der Waals surface area contributed by atoms with Gasteiger partial charge in [-0.1, -0.05) is 24.3 Å². The van der Waals surface area contributed by atoms with Crippen molar-refractivity contribution in [2.45, 2.75) is 11.9 Å². The lowest BCUT2D eigenvalue weighted by Crippen LogP contribution is -2.29. The molecule has 0 radical (unpaired) electrons. The molecule has 1 unspecified atom stereocenters. The third-order valence-corrected chi connectivity index (χ3v) is 3.08. The smallest absolute Gasteiger partial charge is 0.325 e. The van der Waals surface area contributed by atoms with Crippen molar-refractivity contribution in [3.8, 4) is 0 Å². The van der Waals surface area contributed by atoms with Gasteiger partial charge < -0.3 is 10.1 Å². The van der Waals surface area contributed by atoms with Gasteiger partial charge in [-0.2, -0.15) is 0 Å². The van der Waals surface area contributed by atoms with E-state index >= 15 is 0 Å². The number of esters is 1. The summed E-state index contributed by atoms with van der Waals surface area (Å²) in [5.41, 5.74) is 1.87. The Morgan fingerprint density at radius 3 is 2.95 bits per heavy atom. The maximum Gasteiger partial charge on any atom is 0.325 e. The van der Waals surface area contributed by atoms with Gasteiger partial charge in [0, 0.05) is 18.5 Å². The summed E-state index contributed by atoms with van der Waals surface area (Å²) in [4.78, 5) is 15.6. The number of benzene rings is 1. The second-order valence-electron chi connectivity index (χ2n) is 4.12. The van der Waals surface area contributed by atoms with Crippen molar-refractivity contribution in [3.63, 3.8) is 0 Å². The summed E-state index contributed by atoms with van der Waals surface area (Å²) >= 11 is 5.84. The normalized spacial score (nSPS) is 12.3. The Bertz CT molecular complexity index is 574. The molecule has 4 nitrogen and oxygen atoms in total. The first-order chi connectivity index (χ1) is 9.20.